The third-order valence-electron chi connectivity index (χ3n) is 7.42. The van der Waals surface area contributed by atoms with Crippen molar-refractivity contribution in [3.05, 3.63) is 150 Å². The molecule has 1 unspecified atom stereocenters. The number of rotatable bonds is 13. The highest BCUT2D eigenvalue weighted by Crippen LogP contribution is 2.37. The topological polar surface area (TPSA) is 135 Å². The third-order valence-corrected chi connectivity index (χ3v) is 8.67. The van der Waals surface area contributed by atoms with Gasteiger partial charge in [0, 0.05) is 40.0 Å². The van der Waals surface area contributed by atoms with Gasteiger partial charge in [0.25, 0.3) is 11.8 Å². The molecular formula is C40H36N4O6S. The first-order valence-electron chi connectivity index (χ1n) is 15.8. The van der Waals surface area contributed by atoms with E-state index < -0.39 is 17.1 Å². The Labute approximate surface area is 300 Å². The molecule has 0 aliphatic carbocycles. The molecule has 4 amide bonds. The van der Waals surface area contributed by atoms with Crippen LogP contribution in [-0.4, -0.2) is 37.8 Å². The Morgan fingerprint density at radius 1 is 0.667 bits per heavy atom. The Bertz CT molecular complexity index is 2040. The largest absolute Gasteiger partial charge is 0.493 e. The van der Waals surface area contributed by atoms with Gasteiger partial charge in [-0.1, -0.05) is 66.7 Å². The normalized spacial score (nSPS) is 11.5. The zero-order valence-corrected chi connectivity index (χ0v) is 29.0. The molecular weight excluding hydrogens is 665 g/mol. The van der Waals surface area contributed by atoms with Gasteiger partial charge in [-0.05, 0) is 72.3 Å². The Kier molecular flexibility index (Phi) is 12.2. The highest BCUT2D eigenvalue weighted by atomic mass is 32.2. The number of anilines is 3. The van der Waals surface area contributed by atoms with Crippen LogP contribution in [0.2, 0.25) is 0 Å². The summed E-state index contributed by atoms with van der Waals surface area (Å²) in [6.45, 7) is 1.43. The molecule has 5 aromatic carbocycles. The molecule has 0 bridgehead atoms. The molecule has 5 aromatic rings. The number of methoxy groups -OCH3 is 2. The molecule has 0 aromatic heterocycles. The number of benzene rings is 5. The number of hydrogen-bond acceptors (Lipinski definition) is 7. The summed E-state index contributed by atoms with van der Waals surface area (Å²) in [5, 5.41) is 10.7. The van der Waals surface area contributed by atoms with E-state index in [0.29, 0.717) is 44.6 Å². The Hall–Kier alpha value is -6.33. The van der Waals surface area contributed by atoms with E-state index in [4.69, 9.17) is 9.47 Å². The summed E-state index contributed by atoms with van der Waals surface area (Å²) in [5.41, 5.74) is 3.28. The van der Waals surface area contributed by atoms with E-state index >= 15 is 0 Å². The van der Waals surface area contributed by atoms with Gasteiger partial charge in [-0.2, -0.15) is 0 Å². The lowest BCUT2D eigenvalue weighted by atomic mass is 10.1. The molecule has 0 saturated carbocycles. The second-order valence-corrected chi connectivity index (χ2v) is 12.3. The zero-order valence-electron chi connectivity index (χ0n) is 28.1. The van der Waals surface area contributed by atoms with Gasteiger partial charge in [0.05, 0.1) is 14.2 Å². The van der Waals surface area contributed by atoms with Crippen LogP contribution in [0, 0.1) is 0 Å². The lowest BCUT2D eigenvalue weighted by Gasteiger charge is -2.18. The molecule has 10 nitrogen and oxygen atoms in total. The summed E-state index contributed by atoms with van der Waals surface area (Å²) in [4.78, 5) is 52.8. The van der Waals surface area contributed by atoms with Crippen LogP contribution in [-0.2, 0) is 14.4 Å². The molecule has 0 spiro atoms. The van der Waals surface area contributed by atoms with Gasteiger partial charge in [0.2, 0.25) is 11.8 Å². The van der Waals surface area contributed by atoms with E-state index in [1.807, 2.05) is 36.4 Å². The average molecular weight is 701 g/mol. The first-order valence-corrected chi connectivity index (χ1v) is 16.7. The van der Waals surface area contributed by atoms with Gasteiger partial charge < -0.3 is 30.7 Å². The number of amides is 4. The van der Waals surface area contributed by atoms with Gasteiger partial charge >= 0.3 is 0 Å². The van der Waals surface area contributed by atoms with Crippen molar-refractivity contribution in [3.8, 4) is 11.5 Å². The van der Waals surface area contributed by atoms with Crippen molar-refractivity contribution in [2.75, 3.05) is 30.2 Å². The number of thioether (sulfide) groups is 1. The van der Waals surface area contributed by atoms with Gasteiger partial charge in [-0.25, -0.2) is 0 Å². The van der Waals surface area contributed by atoms with E-state index in [2.05, 4.69) is 21.3 Å². The fourth-order valence-electron chi connectivity index (χ4n) is 5.05. The standard InChI is InChI=1S/C40H36N4O6S/c1-26(45)41-30-20-22-31(23-21-30)42-40(48)37(27-12-6-4-7-13-27)51-33-18-11-17-32(25-33)43-39(47)34(44-38(46)28-14-8-5-9-15-28)24-29-16-10-19-35(49-2)36(29)50-3/h4-25,37H,1-3H3,(H,41,45)(H,42,48)(H,43,47)(H,44,46)/b34-24+. The molecule has 0 heterocycles. The minimum atomic E-state index is -0.645. The number of nitrogens with one attached hydrogen (secondary N) is 4. The molecule has 51 heavy (non-hydrogen) atoms. The molecule has 0 fully saturated rings. The maximum absolute atomic E-state index is 13.8. The average Bonchev–Trinajstić information content (AvgIpc) is 3.14. The van der Waals surface area contributed by atoms with Crippen LogP contribution in [0.3, 0.4) is 0 Å². The predicted molar refractivity (Wildman–Crippen MR) is 201 cm³/mol. The molecule has 11 heteroatoms. The number of hydrogen-bond donors (Lipinski definition) is 4. The van der Waals surface area contributed by atoms with Gasteiger partial charge in [-0.3, -0.25) is 19.2 Å². The lowest BCUT2D eigenvalue weighted by molar-refractivity contribution is -0.116. The molecule has 4 N–H and O–H groups in total. The smallest absolute Gasteiger partial charge is 0.272 e. The minimum absolute atomic E-state index is 0.0282. The fourth-order valence-corrected chi connectivity index (χ4v) is 6.14. The minimum Gasteiger partial charge on any atom is -0.493 e. The Balaban J connectivity index is 1.39. The SMILES string of the molecule is COc1cccc(/C=C(/NC(=O)c2ccccc2)C(=O)Nc2cccc(SC(C(=O)Nc3ccc(NC(C)=O)cc3)c3ccccc3)c2)c1OC. The van der Waals surface area contributed by atoms with Crippen LogP contribution in [0.1, 0.15) is 33.7 Å². The van der Waals surface area contributed by atoms with Crippen molar-refractivity contribution in [2.45, 2.75) is 17.1 Å². The summed E-state index contributed by atoms with van der Waals surface area (Å²) in [5.74, 6) is -0.632. The Morgan fingerprint density at radius 2 is 1.31 bits per heavy atom. The summed E-state index contributed by atoms with van der Waals surface area (Å²) in [7, 11) is 3.01. The lowest BCUT2D eigenvalue weighted by Crippen LogP contribution is -2.30. The van der Waals surface area contributed by atoms with Crippen molar-refractivity contribution in [1.29, 1.82) is 0 Å². The summed E-state index contributed by atoms with van der Waals surface area (Å²) in [6.07, 6.45) is 1.52. The molecule has 5 rings (SSSR count). The van der Waals surface area contributed by atoms with Gasteiger partial charge in [-0.15, -0.1) is 11.8 Å². The number of ether oxygens (including phenoxy) is 2. The molecule has 0 aliphatic heterocycles. The molecule has 258 valence electrons. The fraction of sp³-hybridized carbons (Fsp3) is 0.100. The zero-order chi connectivity index (χ0) is 36.2. The third kappa shape index (κ3) is 9.87. The maximum atomic E-state index is 13.8. The van der Waals surface area contributed by atoms with Crippen molar-refractivity contribution in [3.63, 3.8) is 0 Å². The van der Waals surface area contributed by atoms with E-state index in [0.717, 1.165) is 5.56 Å². The van der Waals surface area contributed by atoms with Gasteiger partial charge in [0.1, 0.15) is 10.9 Å². The molecule has 1 atom stereocenters. The van der Waals surface area contributed by atoms with E-state index in [9.17, 15) is 19.2 Å². The van der Waals surface area contributed by atoms with E-state index in [1.165, 1.54) is 39.0 Å². The highest BCUT2D eigenvalue weighted by Gasteiger charge is 2.23. The van der Waals surface area contributed by atoms with Crippen LogP contribution in [0.15, 0.2) is 138 Å². The molecule has 0 aliphatic rings. The summed E-state index contributed by atoms with van der Waals surface area (Å²) in [6, 6.07) is 37.1. The summed E-state index contributed by atoms with van der Waals surface area (Å²) >= 11 is 1.31. The van der Waals surface area contributed by atoms with E-state index in [1.54, 1.807) is 91.0 Å². The number of para-hydroxylation sites is 1. The monoisotopic (exact) mass is 700 g/mol. The quantitative estimate of drug-likeness (QED) is 0.0736. The first kappa shape index (κ1) is 36.0. The van der Waals surface area contributed by atoms with Crippen LogP contribution in [0.5, 0.6) is 11.5 Å². The van der Waals surface area contributed by atoms with Gasteiger partial charge in [0.15, 0.2) is 11.5 Å². The van der Waals surface area contributed by atoms with Crippen LogP contribution in [0.25, 0.3) is 6.08 Å². The Morgan fingerprint density at radius 3 is 1.96 bits per heavy atom. The molecule has 0 saturated heterocycles. The van der Waals surface area contributed by atoms with Crippen molar-refractivity contribution in [1.82, 2.24) is 5.32 Å². The second-order valence-electron chi connectivity index (χ2n) is 11.1. The number of carbonyl (C=O) groups excluding carboxylic acids is 4. The second kappa shape index (κ2) is 17.4. The van der Waals surface area contributed by atoms with Crippen molar-refractivity contribution in [2.24, 2.45) is 0 Å². The van der Waals surface area contributed by atoms with E-state index in [-0.39, 0.29) is 17.5 Å². The number of carbonyl (C=O) groups is 4. The van der Waals surface area contributed by atoms with Crippen LogP contribution < -0.4 is 30.7 Å². The summed E-state index contributed by atoms with van der Waals surface area (Å²) < 4.78 is 11.0. The molecule has 0 radical (unpaired) electrons. The van der Waals surface area contributed by atoms with Crippen molar-refractivity contribution >= 4 is 58.5 Å². The van der Waals surface area contributed by atoms with Crippen molar-refractivity contribution < 1.29 is 28.7 Å². The van der Waals surface area contributed by atoms with Crippen LogP contribution >= 0.6 is 11.8 Å². The predicted octanol–water partition coefficient (Wildman–Crippen LogP) is 7.54. The maximum Gasteiger partial charge on any atom is 0.272 e. The first-order chi connectivity index (χ1) is 24.7. The van der Waals surface area contributed by atoms with Crippen LogP contribution in [0.4, 0.5) is 17.1 Å². The highest BCUT2D eigenvalue weighted by molar-refractivity contribution is 8.00.